The molecule has 1 atom stereocenters. The normalized spacial score (nSPS) is 15.3. The number of benzene rings is 1. The van der Waals surface area contributed by atoms with Crippen molar-refractivity contribution in [3.8, 4) is 5.75 Å². The Labute approximate surface area is 90.7 Å². The minimum atomic E-state index is -4.74. The third-order valence-electron chi connectivity index (χ3n) is 1.47. The van der Waals surface area contributed by atoms with Gasteiger partial charge in [-0.3, -0.25) is 0 Å². The second-order valence-electron chi connectivity index (χ2n) is 3.10. The Balaban J connectivity index is 2.89. The van der Waals surface area contributed by atoms with Gasteiger partial charge in [-0.25, -0.2) is 4.21 Å². The topological polar surface area (TPSA) is 46.5 Å². The summed E-state index contributed by atoms with van der Waals surface area (Å²) < 4.78 is 59.0. The minimum Gasteiger partial charge on any atom is -0.406 e. The van der Waals surface area contributed by atoms with Gasteiger partial charge in [-0.15, -0.1) is 13.2 Å². The van der Waals surface area contributed by atoms with E-state index in [0.29, 0.717) is 5.56 Å². The van der Waals surface area contributed by atoms with Gasteiger partial charge in [-0.05, 0) is 17.7 Å². The van der Waals surface area contributed by atoms with Gasteiger partial charge >= 0.3 is 6.36 Å². The Morgan fingerprint density at radius 2 is 1.81 bits per heavy atom. The molecule has 0 radical (unpaired) electrons. The predicted molar refractivity (Wildman–Crippen MR) is 55.0 cm³/mol. The first-order chi connectivity index (χ1) is 7.16. The SMILES string of the molecule is CS(=O)(O)=Cc1ccc(OC(F)(F)F)cc1. The lowest BCUT2D eigenvalue weighted by Gasteiger charge is -2.08. The number of halogens is 3. The number of rotatable bonds is 2. The molecule has 1 N–H and O–H groups in total. The monoisotopic (exact) mass is 254 g/mol. The maximum Gasteiger partial charge on any atom is 0.573 e. The molecule has 1 unspecified atom stereocenters. The van der Waals surface area contributed by atoms with Gasteiger partial charge in [0.2, 0.25) is 0 Å². The fraction of sp³-hybridized carbons (Fsp3) is 0.222. The van der Waals surface area contributed by atoms with E-state index in [1.54, 1.807) is 0 Å². The molecule has 0 fully saturated rings. The van der Waals surface area contributed by atoms with E-state index in [2.05, 4.69) is 4.74 Å². The summed E-state index contributed by atoms with van der Waals surface area (Å²) in [5.41, 5.74) is 0.351. The van der Waals surface area contributed by atoms with Crippen molar-refractivity contribution in [1.29, 1.82) is 0 Å². The Kier molecular flexibility index (Phi) is 3.49. The molecule has 90 valence electrons. The molecule has 7 heteroatoms. The molecule has 1 aromatic carbocycles. The van der Waals surface area contributed by atoms with Crippen LogP contribution in [0.1, 0.15) is 5.56 Å². The standard InChI is InChI=1S/C9H9F3O3S/c1-16(13,14)6-7-2-4-8(5-3-7)15-9(10,11)12/h2-6H,1H3,(H,13,14). The summed E-state index contributed by atoms with van der Waals surface area (Å²) in [6.45, 7) is 0. The van der Waals surface area contributed by atoms with Gasteiger partial charge in [0.05, 0.1) is 9.80 Å². The second kappa shape index (κ2) is 4.34. The van der Waals surface area contributed by atoms with Crippen LogP contribution in [0, 0.1) is 0 Å². The van der Waals surface area contributed by atoms with Crippen LogP contribution in [-0.2, 0) is 9.80 Å². The number of hydrogen-bond acceptors (Lipinski definition) is 2. The van der Waals surface area contributed by atoms with Crippen molar-refractivity contribution in [3.63, 3.8) is 0 Å². The maximum atomic E-state index is 11.8. The van der Waals surface area contributed by atoms with E-state index < -0.39 is 16.2 Å². The van der Waals surface area contributed by atoms with E-state index in [1.165, 1.54) is 12.1 Å². The van der Waals surface area contributed by atoms with Crippen LogP contribution in [0.15, 0.2) is 24.3 Å². The molecule has 0 aliphatic heterocycles. The van der Waals surface area contributed by atoms with Gasteiger partial charge < -0.3 is 9.29 Å². The van der Waals surface area contributed by atoms with Gasteiger partial charge in [0.1, 0.15) is 5.75 Å². The van der Waals surface area contributed by atoms with E-state index in [1.807, 2.05) is 0 Å². The highest BCUT2D eigenvalue weighted by Crippen LogP contribution is 2.22. The average Bonchev–Trinajstić information content (AvgIpc) is 2.03. The number of alkyl halides is 3. The molecular formula is C9H9F3O3S. The number of ether oxygens (including phenoxy) is 1. The van der Waals surface area contributed by atoms with E-state index in [0.717, 1.165) is 23.8 Å². The van der Waals surface area contributed by atoms with Crippen molar-refractivity contribution < 1.29 is 26.7 Å². The molecule has 16 heavy (non-hydrogen) atoms. The first-order valence-corrected chi connectivity index (χ1v) is 6.06. The number of hydrogen-bond donors (Lipinski definition) is 1. The molecule has 0 heterocycles. The third-order valence-corrected chi connectivity index (χ3v) is 2.18. The van der Waals surface area contributed by atoms with Gasteiger partial charge in [0.15, 0.2) is 0 Å². The van der Waals surface area contributed by atoms with E-state index >= 15 is 0 Å². The Bertz CT molecular complexity index is 462. The van der Waals surface area contributed by atoms with E-state index in [-0.39, 0.29) is 5.75 Å². The van der Waals surface area contributed by atoms with Gasteiger partial charge in [0.25, 0.3) is 0 Å². The van der Waals surface area contributed by atoms with Gasteiger partial charge in [-0.1, -0.05) is 12.1 Å². The quantitative estimate of drug-likeness (QED) is 0.822. The van der Waals surface area contributed by atoms with Crippen LogP contribution >= 0.6 is 0 Å². The van der Waals surface area contributed by atoms with Crippen molar-refractivity contribution in [2.45, 2.75) is 6.36 Å². The molecule has 1 rings (SSSR count). The van der Waals surface area contributed by atoms with E-state index in [4.69, 9.17) is 4.55 Å². The zero-order chi connectivity index (χ0) is 12.4. The van der Waals surface area contributed by atoms with Crippen LogP contribution in [-0.4, -0.2) is 26.7 Å². The summed E-state index contributed by atoms with van der Waals surface area (Å²) in [5.74, 6) is -0.370. The summed E-state index contributed by atoms with van der Waals surface area (Å²) >= 11 is 0. The second-order valence-corrected chi connectivity index (χ2v) is 5.05. The minimum absolute atomic E-state index is 0.351. The zero-order valence-corrected chi connectivity index (χ0v) is 9.01. The highest BCUT2D eigenvalue weighted by atomic mass is 32.2. The maximum absolute atomic E-state index is 11.8. The van der Waals surface area contributed by atoms with Crippen molar-refractivity contribution >= 4 is 15.2 Å². The largest absolute Gasteiger partial charge is 0.573 e. The molecule has 0 spiro atoms. The van der Waals surface area contributed by atoms with Gasteiger partial charge in [-0.2, -0.15) is 0 Å². The lowest BCUT2D eigenvalue weighted by Crippen LogP contribution is -2.17. The molecule has 0 saturated carbocycles. The van der Waals surface area contributed by atoms with Crippen LogP contribution in [0.4, 0.5) is 13.2 Å². The fourth-order valence-corrected chi connectivity index (χ4v) is 1.66. The summed E-state index contributed by atoms with van der Waals surface area (Å²) in [4.78, 5) is 0. The van der Waals surface area contributed by atoms with Crippen LogP contribution in [0.2, 0.25) is 0 Å². The van der Waals surface area contributed by atoms with Crippen molar-refractivity contribution in [2.75, 3.05) is 6.26 Å². The average molecular weight is 254 g/mol. The molecular weight excluding hydrogens is 245 g/mol. The smallest absolute Gasteiger partial charge is 0.406 e. The molecule has 0 aliphatic rings. The highest BCUT2D eigenvalue weighted by molar-refractivity contribution is 7.95. The molecule has 0 amide bonds. The lowest BCUT2D eigenvalue weighted by molar-refractivity contribution is -0.274. The van der Waals surface area contributed by atoms with Crippen LogP contribution in [0.5, 0.6) is 5.75 Å². The predicted octanol–water partition coefficient (Wildman–Crippen LogP) is 2.12. The third kappa shape index (κ3) is 5.04. The van der Waals surface area contributed by atoms with Crippen LogP contribution < -0.4 is 4.74 Å². The molecule has 0 saturated heterocycles. The summed E-state index contributed by atoms with van der Waals surface area (Å²) in [6.07, 6.45) is -3.63. The highest BCUT2D eigenvalue weighted by Gasteiger charge is 2.30. The first kappa shape index (κ1) is 12.9. The molecule has 3 nitrogen and oxygen atoms in total. The molecule has 1 aromatic rings. The van der Waals surface area contributed by atoms with Crippen LogP contribution in [0.3, 0.4) is 0 Å². The Morgan fingerprint density at radius 3 is 2.19 bits per heavy atom. The zero-order valence-electron chi connectivity index (χ0n) is 8.19. The summed E-state index contributed by atoms with van der Waals surface area (Å²) in [7, 11) is -3.06. The molecule has 0 aromatic heterocycles. The molecule has 0 bridgehead atoms. The summed E-state index contributed by atoms with van der Waals surface area (Å²) in [6, 6.07) is 4.68. The van der Waals surface area contributed by atoms with Gasteiger partial charge in [0, 0.05) is 11.6 Å². The molecule has 0 aliphatic carbocycles. The van der Waals surface area contributed by atoms with Crippen molar-refractivity contribution in [2.24, 2.45) is 0 Å². The Morgan fingerprint density at radius 1 is 1.31 bits per heavy atom. The Hall–Kier alpha value is -1.21. The lowest BCUT2D eigenvalue weighted by atomic mass is 10.2. The summed E-state index contributed by atoms with van der Waals surface area (Å²) in [5, 5.41) is 1.06. The van der Waals surface area contributed by atoms with Crippen LogP contribution in [0.25, 0.3) is 0 Å². The fourth-order valence-electron chi connectivity index (χ4n) is 1.00. The van der Waals surface area contributed by atoms with Crippen molar-refractivity contribution in [3.05, 3.63) is 29.8 Å². The van der Waals surface area contributed by atoms with E-state index in [9.17, 15) is 17.4 Å². The first-order valence-electron chi connectivity index (χ1n) is 4.08. The van der Waals surface area contributed by atoms with Crippen molar-refractivity contribution in [1.82, 2.24) is 0 Å².